The Morgan fingerprint density at radius 2 is 1.82 bits per heavy atom. The van der Waals surface area contributed by atoms with Gasteiger partial charge in [-0.15, -0.1) is 0 Å². The van der Waals surface area contributed by atoms with Gasteiger partial charge in [-0.3, -0.25) is 9.59 Å². The van der Waals surface area contributed by atoms with Crippen LogP contribution in [-0.2, 0) is 14.3 Å². The summed E-state index contributed by atoms with van der Waals surface area (Å²) in [7, 11) is 1.42. The fraction of sp³-hybridized carbons (Fsp3) is 0.526. The molecule has 0 radical (unpaired) electrons. The first-order valence-corrected chi connectivity index (χ1v) is 8.96. The zero-order valence-electron chi connectivity index (χ0n) is 16.5. The SMILES string of the molecule is CC(C)CC(N)C(=O)OCOC(=O)N(C)C(C)C(=O)c1ccc2c(c1)OCO2. The van der Waals surface area contributed by atoms with Crippen LogP contribution in [0.1, 0.15) is 37.6 Å². The number of ketones is 1. The van der Waals surface area contributed by atoms with E-state index in [-0.39, 0.29) is 18.5 Å². The van der Waals surface area contributed by atoms with Gasteiger partial charge < -0.3 is 29.6 Å². The number of fused-ring (bicyclic) bond motifs is 1. The topological polar surface area (TPSA) is 117 Å². The highest BCUT2D eigenvalue weighted by Crippen LogP contribution is 2.33. The monoisotopic (exact) mass is 394 g/mol. The lowest BCUT2D eigenvalue weighted by atomic mass is 10.0. The van der Waals surface area contributed by atoms with Crippen molar-refractivity contribution in [1.82, 2.24) is 4.90 Å². The molecule has 0 aliphatic carbocycles. The fourth-order valence-corrected chi connectivity index (χ4v) is 2.58. The normalized spacial score (nSPS) is 14.4. The molecule has 9 nitrogen and oxygen atoms in total. The average Bonchev–Trinajstić information content (AvgIpc) is 3.13. The van der Waals surface area contributed by atoms with Gasteiger partial charge in [-0.05, 0) is 37.5 Å². The number of rotatable bonds is 8. The number of amides is 1. The first-order valence-electron chi connectivity index (χ1n) is 8.96. The third-order valence-corrected chi connectivity index (χ3v) is 4.32. The molecule has 0 saturated carbocycles. The first kappa shape index (κ1) is 21.5. The van der Waals surface area contributed by atoms with Gasteiger partial charge in [-0.2, -0.15) is 0 Å². The van der Waals surface area contributed by atoms with Crippen LogP contribution in [0.3, 0.4) is 0 Å². The second-order valence-electron chi connectivity index (χ2n) is 6.95. The number of esters is 1. The number of hydrogen-bond acceptors (Lipinski definition) is 8. The Labute approximate surface area is 163 Å². The molecule has 28 heavy (non-hydrogen) atoms. The average molecular weight is 394 g/mol. The van der Waals surface area contributed by atoms with Gasteiger partial charge >= 0.3 is 12.1 Å². The molecule has 9 heteroatoms. The molecule has 0 fully saturated rings. The Morgan fingerprint density at radius 3 is 2.50 bits per heavy atom. The van der Waals surface area contributed by atoms with Gasteiger partial charge in [0, 0.05) is 12.6 Å². The Kier molecular flexibility index (Phi) is 7.22. The van der Waals surface area contributed by atoms with E-state index in [1.54, 1.807) is 25.1 Å². The minimum Gasteiger partial charge on any atom is -0.454 e. The minimum absolute atomic E-state index is 0.105. The minimum atomic E-state index is -0.799. The summed E-state index contributed by atoms with van der Waals surface area (Å²) in [5.41, 5.74) is 6.07. The number of carbonyl (C=O) groups excluding carboxylic acids is 3. The van der Waals surface area contributed by atoms with Gasteiger partial charge in [-0.25, -0.2) is 4.79 Å². The van der Waals surface area contributed by atoms with Crippen LogP contribution in [0.4, 0.5) is 4.79 Å². The Hall–Kier alpha value is -2.81. The van der Waals surface area contributed by atoms with Gasteiger partial charge in [0.2, 0.25) is 13.6 Å². The largest absolute Gasteiger partial charge is 0.454 e. The molecule has 1 aromatic carbocycles. The van der Waals surface area contributed by atoms with E-state index in [1.807, 2.05) is 13.8 Å². The molecular weight excluding hydrogens is 368 g/mol. The lowest BCUT2D eigenvalue weighted by Crippen LogP contribution is -2.41. The second kappa shape index (κ2) is 9.41. The van der Waals surface area contributed by atoms with E-state index in [9.17, 15) is 14.4 Å². The summed E-state index contributed by atoms with van der Waals surface area (Å²) in [5.74, 6) is 0.337. The van der Waals surface area contributed by atoms with Gasteiger partial charge in [0.1, 0.15) is 6.04 Å². The van der Waals surface area contributed by atoms with Crippen molar-refractivity contribution in [3.63, 3.8) is 0 Å². The van der Waals surface area contributed by atoms with Crippen LogP contribution in [0, 0.1) is 5.92 Å². The van der Waals surface area contributed by atoms with Gasteiger partial charge in [0.15, 0.2) is 17.3 Å². The van der Waals surface area contributed by atoms with Crippen molar-refractivity contribution in [2.45, 2.75) is 39.3 Å². The van der Waals surface area contributed by atoms with E-state index < -0.39 is 30.9 Å². The van der Waals surface area contributed by atoms with E-state index in [1.165, 1.54) is 7.05 Å². The number of nitrogens with two attached hydrogens (primary N) is 1. The highest BCUT2D eigenvalue weighted by Gasteiger charge is 2.26. The van der Waals surface area contributed by atoms with Gasteiger partial charge in [0.05, 0.1) is 6.04 Å². The van der Waals surface area contributed by atoms with Crippen LogP contribution < -0.4 is 15.2 Å². The van der Waals surface area contributed by atoms with Crippen molar-refractivity contribution in [2.75, 3.05) is 20.6 Å². The zero-order valence-corrected chi connectivity index (χ0v) is 16.5. The van der Waals surface area contributed by atoms with Crippen molar-refractivity contribution in [1.29, 1.82) is 0 Å². The summed E-state index contributed by atoms with van der Waals surface area (Å²) in [6.07, 6.45) is -0.333. The number of Topliss-reactive ketones (excluding diaryl/α,β-unsaturated/α-hetero) is 1. The number of ether oxygens (including phenoxy) is 4. The smallest absolute Gasteiger partial charge is 0.413 e. The van der Waals surface area contributed by atoms with Crippen LogP contribution in [0.15, 0.2) is 18.2 Å². The maximum absolute atomic E-state index is 12.6. The van der Waals surface area contributed by atoms with Crippen LogP contribution in [0.25, 0.3) is 0 Å². The number of benzene rings is 1. The van der Waals surface area contributed by atoms with Crippen LogP contribution in [0.5, 0.6) is 11.5 Å². The molecule has 2 N–H and O–H groups in total. The Morgan fingerprint density at radius 1 is 1.14 bits per heavy atom. The van der Waals surface area contributed by atoms with Gasteiger partial charge in [0.25, 0.3) is 0 Å². The maximum Gasteiger partial charge on any atom is 0.413 e. The van der Waals surface area contributed by atoms with Crippen molar-refractivity contribution < 1.29 is 33.3 Å². The molecule has 1 aliphatic rings. The molecule has 2 unspecified atom stereocenters. The van der Waals surface area contributed by atoms with Crippen LogP contribution in [-0.4, -0.2) is 55.5 Å². The van der Waals surface area contributed by atoms with E-state index >= 15 is 0 Å². The van der Waals surface area contributed by atoms with Crippen LogP contribution in [0.2, 0.25) is 0 Å². The lowest BCUT2D eigenvalue weighted by molar-refractivity contribution is -0.154. The van der Waals surface area contributed by atoms with Crippen LogP contribution >= 0.6 is 0 Å². The summed E-state index contributed by atoms with van der Waals surface area (Å²) >= 11 is 0. The molecular formula is C19H26N2O7. The molecule has 0 spiro atoms. The zero-order chi connectivity index (χ0) is 20.8. The summed E-state index contributed by atoms with van der Waals surface area (Å²) in [6, 6.07) is 3.23. The molecule has 1 amide bonds. The lowest BCUT2D eigenvalue weighted by Gasteiger charge is -2.23. The molecule has 2 atom stereocenters. The molecule has 1 aromatic rings. The predicted octanol–water partition coefficient (Wildman–Crippen LogP) is 1.93. The van der Waals surface area contributed by atoms with E-state index in [4.69, 9.17) is 24.7 Å². The van der Waals surface area contributed by atoms with Crippen molar-refractivity contribution >= 4 is 17.8 Å². The van der Waals surface area contributed by atoms with Crippen molar-refractivity contribution in [2.24, 2.45) is 11.7 Å². The second-order valence-corrected chi connectivity index (χ2v) is 6.95. The number of carbonyl (C=O) groups is 3. The first-order chi connectivity index (χ1) is 13.2. The molecule has 0 aromatic heterocycles. The summed E-state index contributed by atoms with van der Waals surface area (Å²) in [5, 5.41) is 0. The highest BCUT2D eigenvalue weighted by atomic mass is 16.7. The molecule has 2 rings (SSSR count). The number of likely N-dealkylation sites (N-methyl/N-ethyl adjacent to an activating group) is 1. The van der Waals surface area contributed by atoms with E-state index in [2.05, 4.69) is 0 Å². The Balaban J connectivity index is 1.84. The number of hydrogen-bond donors (Lipinski definition) is 1. The summed E-state index contributed by atoms with van der Waals surface area (Å²) in [6.45, 7) is 4.97. The molecule has 1 heterocycles. The maximum atomic E-state index is 12.6. The van der Waals surface area contributed by atoms with E-state index in [0.717, 1.165) is 4.90 Å². The van der Waals surface area contributed by atoms with E-state index in [0.29, 0.717) is 23.5 Å². The molecule has 0 bridgehead atoms. The predicted molar refractivity (Wildman–Crippen MR) is 99.0 cm³/mol. The van der Waals surface area contributed by atoms with Crippen molar-refractivity contribution in [3.05, 3.63) is 23.8 Å². The summed E-state index contributed by atoms with van der Waals surface area (Å²) < 4.78 is 20.2. The summed E-state index contributed by atoms with van der Waals surface area (Å²) in [4.78, 5) is 37.6. The molecule has 0 saturated heterocycles. The van der Waals surface area contributed by atoms with Gasteiger partial charge in [-0.1, -0.05) is 13.8 Å². The highest BCUT2D eigenvalue weighted by molar-refractivity contribution is 6.01. The Bertz CT molecular complexity index is 735. The van der Waals surface area contributed by atoms with Crippen molar-refractivity contribution in [3.8, 4) is 11.5 Å². The third kappa shape index (κ3) is 5.35. The number of nitrogens with zero attached hydrogens (tertiary/aromatic N) is 1. The molecule has 1 aliphatic heterocycles. The standard InChI is InChI=1S/C19H26N2O7/c1-11(2)7-14(20)18(23)27-10-28-19(24)21(4)12(3)17(22)13-5-6-15-16(8-13)26-9-25-15/h5-6,8,11-12,14H,7,9-10,20H2,1-4H3. The molecule has 154 valence electrons. The fourth-order valence-electron chi connectivity index (χ4n) is 2.58. The quantitative estimate of drug-likeness (QED) is 0.404. The third-order valence-electron chi connectivity index (χ3n) is 4.32.